The molecule has 5 rings (SSSR count). The van der Waals surface area contributed by atoms with Gasteiger partial charge in [0.15, 0.2) is 5.82 Å². The second-order valence-corrected chi connectivity index (χ2v) is 7.60. The zero-order chi connectivity index (χ0) is 21.4. The molecule has 0 saturated carbocycles. The minimum atomic E-state index is -0.210. The van der Waals surface area contributed by atoms with Crippen LogP contribution in [0.5, 0.6) is 0 Å². The Morgan fingerprint density at radius 2 is 1.77 bits per heavy atom. The van der Waals surface area contributed by atoms with Gasteiger partial charge in [-0.25, -0.2) is 9.97 Å². The van der Waals surface area contributed by atoms with Gasteiger partial charge in [-0.2, -0.15) is 0 Å². The van der Waals surface area contributed by atoms with E-state index in [9.17, 15) is 4.79 Å². The Hall–Kier alpha value is -4.06. The van der Waals surface area contributed by atoms with E-state index in [1.54, 1.807) is 10.8 Å². The molecule has 0 radical (unpaired) electrons. The van der Waals surface area contributed by atoms with Gasteiger partial charge >= 0.3 is 0 Å². The van der Waals surface area contributed by atoms with Crippen LogP contribution < -0.4 is 10.9 Å². The summed E-state index contributed by atoms with van der Waals surface area (Å²) in [5.41, 5.74) is 4.20. The van der Waals surface area contributed by atoms with E-state index in [1.807, 2.05) is 74.5 Å². The average molecular weight is 407 g/mol. The number of hydrogen-bond acceptors (Lipinski definition) is 5. The Bertz CT molecular complexity index is 1450. The fourth-order valence-electron chi connectivity index (χ4n) is 3.90. The Balaban J connectivity index is 1.70. The topological polar surface area (TPSA) is 72.7 Å². The summed E-state index contributed by atoms with van der Waals surface area (Å²) in [6.07, 6.45) is 3.24. The fraction of sp³-hybridized carbons (Fsp3) is 0.120. The van der Waals surface area contributed by atoms with Gasteiger partial charge < -0.3 is 5.32 Å². The van der Waals surface area contributed by atoms with Crippen LogP contribution in [-0.4, -0.2) is 19.5 Å². The fourth-order valence-corrected chi connectivity index (χ4v) is 3.90. The van der Waals surface area contributed by atoms with Crippen LogP contribution >= 0.6 is 0 Å². The lowest BCUT2D eigenvalue weighted by molar-refractivity contribution is 0.774. The number of nitrogens with zero attached hydrogens (tertiary/aromatic N) is 4. The number of nitrogens with one attached hydrogen (secondary N) is 1. The van der Waals surface area contributed by atoms with Gasteiger partial charge in [0.2, 0.25) is 0 Å². The van der Waals surface area contributed by atoms with Crippen LogP contribution in [0.2, 0.25) is 0 Å². The lowest BCUT2D eigenvalue weighted by Gasteiger charge is -2.21. The van der Waals surface area contributed by atoms with Gasteiger partial charge in [0, 0.05) is 23.0 Å². The summed E-state index contributed by atoms with van der Waals surface area (Å²) in [7, 11) is 0. The second-order valence-electron chi connectivity index (χ2n) is 7.60. The Morgan fingerprint density at radius 3 is 2.61 bits per heavy atom. The molecule has 0 aliphatic heterocycles. The van der Waals surface area contributed by atoms with Crippen molar-refractivity contribution in [2.75, 3.05) is 5.32 Å². The van der Waals surface area contributed by atoms with E-state index in [0.29, 0.717) is 16.7 Å². The van der Waals surface area contributed by atoms with Crippen molar-refractivity contribution in [2.24, 2.45) is 0 Å². The number of anilines is 1. The first-order valence-electron chi connectivity index (χ1n) is 10.2. The van der Waals surface area contributed by atoms with E-state index in [4.69, 9.17) is 0 Å². The van der Waals surface area contributed by atoms with Crippen molar-refractivity contribution < 1.29 is 0 Å². The maximum atomic E-state index is 13.5. The summed E-state index contributed by atoms with van der Waals surface area (Å²) in [5, 5.41) is 5.06. The molecule has 6 heteroatoms. The molecule has 0 fully saturated rings. The maximum absolute atomic E-state index is 13.5. The minimum Gasteiger partial charge on any atom is -0.360 e. The molecule has 0 bridgehead atoms. The molecule has 1 atom stereocenters. The summed E-state index contributed by atoms with van der Waals surface area (Å²) in [4.78, 5) is 26.6. The van der Waals surface area contributed by atoms with Crippen LogP contribution in [-0.2, 0) is 0 Å². The summed E-state index contributed by atoms with van der Waals surface area (Å²) >= 11 is 0. The number of aromatic nitrogens is 4. The molecule has 31 heavy (non-hydrogen) atoms. The second kappa shape index (κ2) is 7.65. The third kappa shape index (κ3) is 3.42. The zero-order valence-electron chi connectivity index (χ0n) is 17.3. The molecule has 0 aliphatic carbocycles. The van der Waals surface area contributed by atoms with Gasteiger partial charge in [0.25, 0.3) is 5.56 Å². The lowest BCUT2D eigenvalue weighted by atomic mass is 10.1. The zero-order valence-corrected chi connectivity index (χ0v) is 17.3. The molecule has 2 aromatic carbocycles. The quantitative estimate of drug-likeness (QED) is 0.463. The van der Waals surface area contributed by atoms with Gasteiger partial charge in [-0.15, -0.1) is 0 Å². The molecule has 1 unspecified atom stereocenters. The van der Waals surface area contributed by atoms with Crippen molar-refractivity contribution >= 4 is 27.6 Å². The standard InChI is InChI=1S/C25H21N5O/c1-16-10-11-20-18(13-16)14-22(30(25(20)31)19-7-4-3-5-8-19)17(2)29-24-23-21(27-15-28-24)9-6-12-26-23/h3-15,17H,1-2H3,(H,27,28,29). The smallest absolute Gasteiger partial charge is 0.263 e. The maximum Gasteiger partial charge on any atom is 0.263 e. The first-order valence-corrected chi connectivity index (χ1v) is 10.2. The Kier molecular flexibility index (Phi) is 4.67. The van der Waals surface area contributed by atoms with Gasteiger partial charge in [-0.3, -0.25) is 14.3 Å². The molecule has 0 aliphatic rings. The molecule has 3 aromatic heterocycles. The number of benzene rings is 2. The number of rotatable bonds is 4. The molecular formula is C25H21N5O. The molecule has 0 amide bonds. The number of para-hydroxylation sites is 1. The SMILES string of the molecule is Cc1ccc2c(=O)n(-c3ccccc3)c(C(C)Nc3ncnc4cccnc34)cc2c1. The molecule has 1 N–H and O–H groups in total. The highest BCUT2D eigenvalue weighted by Crippen LogP contribution is 2.26. The average Bonchev–Trinajstić information content (AvgIpc) is 2.79. The van der Waals surface area contributed by atoms with Crippen molar-refractivity contribution in [1.29, 1.82) is 0 Å². The van der Waals surface area contributed by atoms with Crippen molar-refractivity contribution in [1.82, 2.24) is 19.5 Å². The predicted molar refractivity (Wildman–Crippen MR) is 124 cm³/mol. The van der Waals surface area contributed by atoms with Gasteiger partial charge in [-0.1, -0.05) is 35.9 Å². The summed E-state index contributed by atoms with van der Waals surface area (Å²) in [5.74, 6) is 0.634. The van der Waals surface area contributed by atoms with Crippen molar-refractivity contribution in [2.45, 2.75) is 19.9 Å². The van der Waals surface area contributed by atoms with Crippen molar-refractivity contribution in [3.8, 4) is 5.69 Å². The third-order valence-corrected chi connectivity index (χ3v) is 5.41. The van der Waals surface area contributed by atoms with E-state index >= 15 is 0 Å². The van der Waals surface area contributed by atoms with Gasteiger partial charge in [0.1, 0.15) is 11.8 Å². The minimum absolute atomic E-state index is 0.0435. The number of fused-ring (bicyclic) bond motifs is 2. The summed E-state index contributed by atoms with van der Waals surface area (Å²) in [6, 6.07) is 21.2. The van der Waals surface area contributed by atoms with Crippen molar-refractivity contribution in [3.63, 3.8) is 0 Å². The molecule has 5 aromatic rings. The molecule has 3 heterocycles. The van der Waals surface area contributed by atoms with E-state index in [-0.39, 0.29) is 11.6 Å². The molecule has 6 nitrogen and oxygen atoms in total. The van der Waals surface area contributed by atoms with Crippen LogP contribution in [0.15, 0.2) is 84.0 Å². The number of pyridine rings is 2. The van der Waals surface area contributed by atoms with Crippen molar-refractivity contribution in [3.05, 3.63) is 101 Å². The molecule has 0 spiro atoms. The largest absolute Gasteiger partial charge is 0.360 e. The highest BCUT2D eigenvalue weighted by Gasteiger charge is 2.18. The van der Waals surface area contributed by atoms with E-state index in [0.717, 1.165) is 27.8 Å². The normalized spacial score (nSPS) is 12.2. The summed E-state index contributed by atoms with van der Waals surface area (Å²) < 4.78 is 1.77. The van der Waals surface area contributed by atoms with Gasteiger partial charge in [-0.05, 0) is 55.6 Å². The summed E-state index contributed by atoms with van der Waals surface area (Å²) in [6.45, 7) is 4.05. The molecular weight excluding hydrogens is 386 g/mol. The van der Waals surface area contributed by atoms with E-state index < -0.39 is 0 Å². The third-order valence-electron chi connectivity index (χ3n) is 5.41. The number of hydrogen-bond donors (Lipinski definition) is 1. The van der Waals surface area contributed by atoms with Crippen LogP contribution in [0.3, 0.4) is 0 Å². The molecule has 152 valence electrons. The highest BCUT2D eigenvalue weighted by molar-refractivity contribution is 5.85. The first kappa shape index (κ1) is 18.9. The van der Waals surface area contributed by atoms with E-state index in [1.165, 1.54) is 6.33 Å². The monoisotopic (exact) mass is 407 g/mol. The van der Waals surface area contributed by atoms with E-state index in [2.05, 4.69) is 26.3 Å². The predicted octanol–water partition coefficient (Wildman–Crippen LogP) is 4.81. The van der Waals surface area contributed by atoms with Crippen LogP contribution in [0, 0.1) is 6.92 Å². The van der Waals surface area contributed by atoms with Crippen LogP contribution in [0.4, 0.5) is 5.82 Å². The van der Waals surface area contributed by atoms with Gasteiger partial charge in [0.05, 0.1) is 11.6 Å². The first-order chi connectivity index (χ1) is 15.1. The van der Waals surface area contributed by atoms with Crippen LogP contribution in [0.25, 0.3) is 27.5 Å². The molecule has 0 saturated heterocycles. The van der Waals surface area contributed by atoms with Crippen LogP contribution in [0.1, 0.15) is 24.2 Å². The Labute approximate surface area is 179 Å². The number of aryl methyl sites for hydroxylation is 1. The Morgan fingerprint density at radius 1 is 0.935 bits per heavy atom. The lowest BCUT2D eigenvalue weighted by Crippen LogP contribution is -2.25. The highest BCUT2D eigenvalue weighted by atomic mass is 16.1.